The van der Waals surface area contributed by atoms with Crippen molar-refractivity contribution in [2.75, 3.05) is 18.0 Å². The summed E-state index contributed by atoms with van der Waals surface area (Å²) in [7, 11) is 0. The van der Waals surface area contributed by atoms with Crippen molar-refractivity contribution in [1.29, 1.82) is 0 Å². The van der Waals surface area contributed by atoms with E-state index < -0.39 is 11.5 Å². The molecule has 0 bridgehead atoms. The van der Waals surface area contributed by atoms with Gasteiger partial charge in [-0.25, -0.2) is 9.97 Å². The number of nitrogens with two attached hydrogens (primary N) is 1. The molecule has 2 heterocycles. The van der Waals surface area contributed by atoms with Crippen LogP contribution in [0.3, 0.4) is 0 Å². The highest BCUT2D eigenvalue weighted by Crippen LogP contribution is 2.22. The molecule has 0 saturated carbocycles. The van der Waals surface area contributed by atoms with Crippen LogP contribution < -0.4 is 10.6 Å². The van der Waals surface area contributed by atoms with E-state index >= 15 is 0 Å². The SMILES string of the molecule is NC1(C(=O)O)CCN(c2ncccn2)C1. The zero-order valence-electron chi connectivity index (χ0n) is 8.13. The number of aromatic nitrogens is 2. The monoisotopic (exact) mass is 208 g/mol. The molecule has 1 aromatic heterocycles. The van der Waals surface area contributed by atoms with Crippen molar-refractivity contribution in [2.24, 2.45) is 5.73 Å². The van der Waals surface area contributed by atoms with Gasteiger partial charge in [0.15, 0.2) is 0 Å². The fourth-order valence-electron chi connectivity index (χ4n) is 1.63. The molecule has 6 nitrogen and oxygen atoms in total. The molecule has 3 N–H and O–H groups in total. The second-order valence-electron chi connectivity index (χ2n) is 3.68. The van der Waals surface area contributed by atoms with E-state index in [1.165, 1.54) is 0 Å². The highest BCUT2D eigenvalue weighted by Gasteiger charge is 2.42. The van der Waals surface area contributed by atoms with Gasteiger partial charge in [0.2, 0.25) is 5.95 Å². The lowest BCUT2D eigenvalue weighted by atomic mass is 10.0. The van der Waals surface area contributed by atoms with Crippen LogP contribution in [0.15, 0.2) is 18.5 Å². The lowest BCUT2D eigenvalue weighted by Gasteiger charge is -2.19. The maximum atomic E-state index is 10.9. The third kappa shape index (κ3) is 1.75. The number of rotatable bonds is 2. The molecule has 0 aromatic carbocycles. The molecule has 0 amide bonds. The standard InChI is InChI=1S/C9H12N4O2/c10-9(7(14)15)2-5-13(6-9)8-11-3-1-4-12-8/h1,3-4H,2,5-6,10H2,(H,14,15). The Morgan fingerprint density at radius 2 is 2.20 bits per heavy atom. The molecule has 1 atom stereocenters. The molecule has 1 unspecified atom stereocenters. The summed E-state index contributed by atoms with van der Waals surface area (Å²) in [4.78, 5) is 20.8. The minimum Gasteiger partial charge on any atom is -0.480 e. The third-order valence-corrected chi connectivity index (χ3v) is 2.56. The van der Waals surface area contributed by atoms with Crippen LogP contribution in [0, 0.1) is 0 Å². The maximum Gasteiger partial charge on any atom is 0.325 e. The number of aliphatic carboxylic acids is 1. The summed E-state index contributed by atoms with van der Waals surface area (Å²) in [6.45, 7) is 0.832. The fraction of sp³-hybridized carbons (Fsp3) is 0.444. The third-order valence-electron chi connectivity index (χ3n) is 2.56. The van der Waals surface area contributed by atoms with Gasteiger partial charge in [-0.15, -0.1) is 0 Å². The average molecular weight is 208 g/mol. The summed E-state index contributed by atoms with van der Waals surface area (Å²) in [5.74, 6) is -0.438. The molecule has 15 heavy (non-hydrogen) atoms. The van der Waals surface area contributed by atoms with Gasteiger partial charge >= 0.3 is 5.97 Å². The Morgan fingerprint density at radius 3 is 2.73 bits per heavy atom. The van der Waals surface area contributed by atoms with Crippen molar-refractivity contribution in [3.8, 4) is 0 Å². The van der Waals surface area contributed by atoms with Gasteiger partial charge in [-0.2, -0.15) is 0 Å². The molecular weight excluding hydrogens is 196 g/mol. The normalized spacial score (nSPS) is 25.5. The van der Waals surface area contributed by atoms with E-state index in [0.717, 1.165) is 0 Å². The molecule has 0 spiro atoms. The van der Waals surface area contributed by atoms with Crippen LogP contribution >= 0.6 is 0 Å². The molecule has 6 heteroatoms. The number of hydrogen-bond acceptors (Lipinski definition) is 5. The summed E-state index contributed by atoms with van der Waals surface area (Å²) in [5.41, 5.74) is 4.57. The van der Waals surface area contributed by atoms with Crippen LogP contribution in [0.25, 0.3) is 0 Å². The van der Waals surface area contributed by atoms with Crippen LogP contribution in [0.5, 0.6) is 0 Å². The molecule has 1 aromatic rings. The van der Waals surface area contributed by atoms with Crippen LogP contribution in [0.1, 0.15) is 6.42 Å². The van der Waals surface area contributed by atoms with E-state index in [0.29, 0.717) is 18.9 Å². The number of anilines is 1. The Morgan fingerprint density at radius 1 is 1.53 bits per heavy atom. The summed E-state index contributed by atoms with van der Waals surface area (Å²) in [5, 5.41) is 8.94. The minimum atomic E-state index is -1.17. The number of hydrogen-bond donors (Lipinski definition) is 2. The first-order chi connectivity index (χ1) is 7.12. The first kappa shape index (κ1) is 9.85. The number of carboxylic acids is 1. The number of nitrogens with zero attached hydrogens (tertiary/aromatic N) is 3. The van der Waals surface area contributed by atoms with Crippen molar-refractivity contribution in [3.63, 3.8) is 0 Å². The minimum absolute atomic E-state index is 0.256. The first-order valence-corrected chi connectivity index (χ1v) is 4.66. The fourth-order valence-corrected chi connectivity index (χ4v) is 1.63. The first-order valence-electron chi connectivity index (χ1n) is 4.66. The van der Waals surface area contributed by atoms with E-state index in [9.17, 15) is 4.79 Å². The van der Waals surface area contributed by atoms with Gasteiger partial charge in [0.05, 0.1) is 0 Å². The van der Waals surface area contributed by atoms with Crippen LogP contribution in [-0.2, 0) is 4.79 Å². The van der Waals surface area contributed by atoms with Crippen LogP contribution in [0.4, 0.5) is 5.95 Å². The van der Waals surface area contributed by atoms with E-state index in [2.05, 4.69) is 9.97 Å². The highest BCUT2D eigenvalue weighted by atomic mass is 16.4. The second-order valence-corrected chi connectivity index (χ2v) is 3.68. The Hall–Kier alpha value is -1.69. The summed E-state index contributed by atoms with van der Waals surface area (Å²) >= 11 is 0. The molecular formula is C9H12N4O2. The van der Waals surface area contributed by atoms with Crippen molar-refractivity contribution >= 4 is 11.9 Å². The van der Waals surface area contributed by atoms with Crippen molar-refractivity contribution in [2.45, 2.75) is 12.0 Å². The molecule has 1 fully saturated rings. The lowest BCUT2D eigenvalue weighted by molar-refractivity contribution is -0.142. The molecule has 0 radical (unpaired) electrons. The van der Waals surface area contributed by atoms with Gasteiger partial charge in [-0.05, 0) is 12.5 Å². The quantitative estimate of drug-likeness (QED) is 0.678. The van der Waals surface area contributed by atoms with Gasteiger partial charge < -0.3 is 15.7 Å². The molecule has 80 valence electrons. The average Bonchev–Trinajstić information content (AvgIpc) is 2.64. The van der Waals surface area contributed by atoms with Crippen molar-refractivity contribution in [1.82, 2.24) is 9.97 Å². The molecule has 1 aliphatic rings. The smallest absolute Gasteiger partial charge is 0.325 e. The molecule has 0 aliphatic carbocycles. The lowest BCUT2D eigenvalue weighted by Crippen LogP contribution is -2.50. The topological polar surface area (TPSA) is 92.3 Å². The van der Waals surface area contributed by atoms with E-state index in [1.54, 1.807) is 23.4 Å². The van der Waals surface area contributed by atoms with Crippen molar-refractivity contribution in [3.05, 3.63) is 18.5 Å². The van der Waals surface area contributed by atoms with Crippen LogP contribution in [0.2, 0.25) is 0 Å². The van der Waals surface area contributed by atoms with Gasteiger partial charge in [-0.3, -0.25) is 4.79 Å². The Labute approximate surface area is 86.7 Å². The van der Waals surface area contributed by atoms with Gasteiger partial charge in [-0.1, -0.05) is 0 Å². The Balaban J connectivity index is 2.14. The summed E-state index contributed by atoms with van der Waals surface area (Å²) in [6.07, 6.45) is 3.67. The second kappa shape index (κ2) is 3.47. The van der Waals surface area contributed by atoms with Gasteiger partial charge in [0.1, 0.15) is 5.54 Å². The van der Waals surface area contributed by atoms with Crippen LogP contribution in [-0.4, -0.2) is 39.7 Å². The van der Waals surface area contributed by atoms with E-state index in [1.807, 2.05) is 0 Å². The predicted molar refractivity (Wildman–Crippen MR) is 53.4 cm³/mol. The summed E-state index contributed by atoms with van der Waals surface area (Å²) < 4.78 is 0. The maximum absolute atomic E-state index is 10.9. The van der Waals surface area contributed by atoms with Crippen molar-refractivity contribution < 1.29 is 9.90 Å². The number of carboxylic acid groups (broad SMARTS) is 1. The van der Waals surface area contributed by atoms with Gasteiger partial charge in [0, 0.05) is 25.5 Å². The molecule has 1 aliphatic heterocycles. The zero-order chi connectivity index (χ0) is 10.9. The Kier molecular flexibility index (Phi) is 2.28. The molecule has 2 rings (SSSR count). The predicted octanol–water partition coefficient (Wildman–Crippen LogP) is -0.531. The largest absolute Gasteiger partial charge is 0.480 e. The number of carbonyl (C=O) groups is 1. The van der Waals surface area contributed by atoms with E-state index in [-0.39, 0.29) is 6.54 Å². The zero-order valence-corrected chi connectivity index (χ0v) is 8.13. The Bertz CT molecular complexity index is 370. The van der Waals surface area contributed by atoms with E-state index in [4.69, 9.17) is 10.8 Å². The highest BCUT2D eigenvalue weighted by molar-refractivity contribution is 5.80. The van der Waals surface area contributed by atoms with Gasteiger partial charge in [0.25, 0.3) is 0 Å². The summed E-state index contributed by atoms with van der Waals surface area (Å²) in [6, 6.07) is 1.71. The molecule has 1 saturated heterocycles.